The van der Waals surface area contributed by atoms with Crippen LogP contribution in [0.15, 0.2) is 0 Å². The summed E-state index contributed by atoms with van der Waals surface area (Å²) in [7, 11) is 0. The Morgan fingerprint density at radius 1 is 1.24 bits per heavy atom. The van der Waals surface area contributed by atoms with Crippen LogP contribution < -0.4 is 5.73 Å². The number of nitrogens with zero attached hydrogens (tertiary/aromatic N) is 1. The molecule has 1 heterocycles. The molecule has 0 amide bonds. The van der Waals surface area contributed by atoms with Gasteiger partial charge in [0.1, 0.15) is 0 Å². The van der Waals surface area contributed by atoms with E-state index in [-0.39, 0.29) is 0 Å². The Morgan fingerprint density at radius 3 is 2.53 bits per heavy atom. The van der Waals surface area contributed by atoms with Crippen LogP contribution in [0.25, 0.3) is 0 Å². The predicted molar refractivity (Wildman–Crippen MR) is 74.0 cm³/mol. The van der Waals surface area contributed by atoms with Crippen LogP contribution in [0.4, 0.5) is 0 Å². The summed E-state index contributed by atoms with van der Waals surface area (Å²) in [4.78, 5) is 2.76. The van der Waals surface area contributed by atoms with E-state index < -0.39 is 0 Å². The van der Waals surface area contributed by atoms with E-state index in [4.69, 9.17) is 5.73 Å². The predicted octanol–water partition coefficient (Wildman–Crippen LogP) is 3.01. The number of likely N-dealkylation sites (tertiary alicyclic amines) is 1. The van der Waals surface area contributed by atoms with Crippen LogP contribution in [-0.2, 0) is 0 Å². The van der Waals surface area contributed by atoms with Gasteiger partial charge in [-0.05, 0) is 51.0 Å². The minimum absolute atomic E-state index is 0.360. The van der Waals surface area contributed by atoms with Crippen LogP contribution in [0.3, 0.4) is 0 Å². The van der Waals surface area contributed by atoms with Gasteiger partial charge >= 0.3 is 0 Å². The lowest BCUT2D eigenvalue weighted by Crippen LogP contribution is -2.64. The van der Waals surface area contributed by atoms with E-state index in [9.17, 15) is 0 Å². The number of hydrogen-bond donors (Lipinski definition) is 1. The molecule has 2 N–H and O–H groups in total. The SMILES string of the molecule is CC(C)C1CC(CN)(N2CCCCCC2C)C1. The minimum atomic E-state index is 0.360. The normalized spacial score (nSPS) is 40.1. The van der Waals surface area contributed by atoms with Crippen molar-refractivity contribution in [1.29, 1.82) is 0 Å². The summed E-state index contributed by atoms with van der Waals surface area (Å²) in [5.41, 5.74) is 6.49. The van der Waals surface area contributed by atoms with Crippen LogP contribution in [0.2, 0.25) is 0 Å². The first-order valence-electron chi connectivity index (χ1n) is 7.56. The molecule has 1 aliphatic carbocycles. The highest BCUT2D eigenvalue weighted by atomic mass is 15.2. The summed E-state index contributed by atoms with van der Waals surface area (Å²) in [6, 6.07) is 0.745. The fourth-order valence-electron chi connectivity index (χ4n) is 3.89. The fraction of sp³-hybridized carbons (Fsp3) is 1.00. The molecule has 100 valence electrons. The number of hydrogen-bond acceptors (Lipinski definition) is 2. The molecule has 0 bridgehead atoms. The van der Waals surface area contributed by atoms with Gasteiger partial charge < -0.3 is 5.73 Å². The van der Waals surface area contributed by atoms with E-state index >= 15 is 0 Å². The molecule has 17 heavy (non-hydrogen) atoms. The molecule has 0 aromatic heterocycles. The van der Waals surface area contributed by atoms with Gasteiger partial charge in [-0.1, -0.05) is 26.7 Å². The van der Waals surface area contributed by atoms with Crippen molar-refractivity contribution in [1.82, 2.24) is 4.90 Å². The van der Waals surface area contributed by atoms with Gasteiger partial charge in [-0.25, -0.2) is 0 Å². The van der Waals surface area contributed by atoms with E-state index in [2.05, 4.69) is 25.7 Å². The maximum atomic E-state index is 6.13. The van der Waals surface area contributed by atoms with Gasteiger partial charge in [-0.2, -0.15) is 0 Å². The van der Waals surface area contributed by atoms with Crippen molar-refractivity contribution in [3.8, 4) is 0 Å². The summed E-state index contributed by atoms with van der Waals surface area (Å²) in [6.07, 6.45) is 8.24. The Kier molecular flexibility index (Phi) is 4.14. The lowest BCUT2D eigenvalue weighted by molar-refractivity contribution is -0.0543. The number of rotatable bonds is 3. The fourth-order valence-corrected chi connectivity index (χ4v) is 3.89. The zero-order valence-electron chi connectivity index (χ0n) is 11.9. The van der Waals surface area contributed by atoms with Crippen LogP contribution in [-0.4, -0.2) is 29.6 Å². The zero-order chi connectivity index (χ0) is 12.5. The molecule has 2 nitrogen and oxygen atoms in total. The van der Waals surface area contributed by atoms with Gasteiger partial charge in [-0.15, -0.1) is 0 Å². The Labute approximate surface area is 107 Å². The van der Waals surface area contributed by atoms with Gasteiger partial charge in [0.2, 0.25) is 0 Å². The van der Waals surface area contributed by atoms with Crippen molar-refractivity contribution in [3.63, 3.8) is 0 Å². The molecule has 1 aliphatic heterocycles. The van der Waals surface area contributed by atoms with Crippen LogP contribution in [0.5, 0.6) is 0 Å². The summed E-state index contributed by atoms with van der Waals surface area (Å²) in [5, 5.41) is 0. The average molecular weight is 238 g/mol. The van der Waals surface area contributed by atoms with Crippen molar-refractivity contribution >= 4 is 0 Å². The second-order valence-electron chi connectivity index (χ2n) is 6.73. The third-order valence-corrected chi connectivity index (χ3v) is 5.27. The monoisotopic (exact) mass is 238 g/mol. The van der Waals surface area contributed by atoms with E-state index in [1.165, 1.54) is 45.1 Å². The molecule has 2 aliphatic rings. The maximum absolute atomic E-state index is 6.13. The lowest BCUT2D eigenvalue weighted by atomic mass is 9.62. The van der Waals surface area contributed by atoms with Crippen LogP contribution >= 0.6 is 0 Å². The average Bonchev–Trinajstić information content (AvgIpc) is 2.43. The van der Waals surface area contributed by atoms with E-state index in [0.29, 0.717) is 5.54 Å². The molecule has 0 spiro atoms. The second-order valence-corrected chi connectivity index (χ2v) is 6.73. The molecule has 1 saturated heterocycles. The highest BCUT2D eigenvalue weighted by Crippen LogP contribution is 2.47. The summed E-state index contributed by atoms with van der Waals surface area (Å²) in [5.74, 6) is 1.74. The van der Waals surface area contributed by atoms with Gasteiger partial charge in [0.05, 0.1) is 0 Å². The molecule has 0 aromatic carbocycles. The zero-order valence-corrected chi connectivity index (χ0v) is 11.9. The Morgan fingerprint density at radius 2 is 1.94 bits per heavy atom. The van der Waals surface area contributed by atoms with E-state index in [1.54, 1.807) is 0 Å². The molecule has 1 unspecified atom stereocenters. The molecule has 2 rings (SSSR count). The molecular weight excluding hydrogens is 208 g/mol. The molecule has 1 atom stereocenters. The summed E-state index contributed by atoms with van der Waals surface area (Å²) < 4.78 is 0. The maximum Gasteiger partial charge on any atom is 0.0340 e. The van der Waals surface area contributed by atoms with E-state index in [0.717, 1.165) is 24.4 Å². The number of nitrogens with two attached hydrogens (primary N) is 1. The molecule has 0 radical (unpaired) electrons. The third-order valence-electron chi connectivity index (χ3n) is 5.27. The van der Waals surface area contributed by atoms with Gasteiger partial charge in [-0.3, -0.25) is 4.90 Å². The van der Waals surface area contributed by atoms with Crippen molar-refractivity contribution in [2.24, 2.45) is 17.6 Å². The van der Waals surface area contributed by atoms with Gasteiger partial charge in [0.25, 0.3) is 0 Å². The van der Waals surface area contributed by atoms with Crippen molar-refractivity contribution < 1.29 is 0 Å². The Balaban J connectivity index is 2.02. The quantitative estimate of drug-likeness (QED) is 0.819. The molecule has 2 fully saturated rings. The summed E-state index contributed by atoms with van der Waals surface area (Å²) in [6.45, 7) is 9.27. The molecule has 1 saturated carbocycles. The topological polar surface area (TPSA) is 29.3 Å². The standard InChI is InChI=1S/C15H30N2/c1-12(2)14-9-15(10-14,11-16)17-8-6-4-5-7-13(17)3/h12-14H,4-11,16H2,1-3H3. The van der Waals surface area contributed by atoms with Crippen molar-refractivity contribution in [2.75, 3.05) is 13.1 Å². The van der Waals surface area contributed by atoms with Crippen LogP contribution in [0, 0.1) is 11.8 Å². The Bertz CT molecular complexity index is 243. The van der Waals surface area contributed by atoms with Gasteiger partial charge in [0.15, 0.2) is 0 Å². The second kappa shape index (κ2) is 5.27. The largest absolute Gasteiger partial charge is 0.329 e. The first-order chi connectivity index (χ1) is 8.09. The summed E-state index contributed by atoms with van der Waals surface area (Å²) >= 11 is 0. The van der Waals surface area contributed by atoms with Crippen molar-refractivity contribution in [2.45, 2.75) is 70.9 Å². The molecule has 2 heteroatoms. The minimum Gasteiger partial charge on any atom is -0.329 e. The first-order valence-corrected chi connectivity index (χ1v) is 7.56. The van der Waals surface area contributed by atoms with Crippen LogP contribution in [0.1, 0.15) is 59.3 Å². The van der Waals surface area contributed by atoms with Gasteiger partial charge in [0, 0.05) is 18.1 Å². The first kappa shape index (κ1) is 13.4. The van der Waals surface area contributed by atoms with Crippen molar-refractivity contribution in [3.05, 3.63) is 0 Å². The highest BCUT2D eigenvalue weighted by molar-refractivity contribution is 5.05. The lowest BCUT2D eigenvalue weighted by Gasteiger charge is -2.57. The highest BCUT2D eigenvalue weighted by Gasteiger charge is 2.49. The molecule has 0 aromatic rings. The smallest absolute Gasteiger partial charge is 0.0340 e. The Hall–Kier alpha value is -0.0800. The van der Waals surface area contributed by atoms with E-state index in [1.807, 2.05) is 0 Å². The molecular formula is C15H30N2. The third kappa shape index (κ3) is 2.53.